The van der Waals surface area contributed by atoms with Crippen LogP contribution in [0.5, 0.6) is 0 Å². The topological polar surface area (TPSA) is 80.7 Å². The molecule has 0 saturated heterocycles. The summed E-state index contributed by atoms with van der Waals surface area (Å²) in [6.45, 7) is 5.45. The smallest absolute Gasteiger partial charge is 0.303 e. The standard InChI is InChI=1S/C24H30F2O5/c1-12-9-16-14-5-6-15-21(26)17(28)7-8-22(15,3)20(14)18(29)10-23(16,4)24(12,19(30)11-25)31-13(2)27/h7-8,12,14,16,18,20,29H,5-6,9-11H2,1-4H3/t12-,14-,16-,18-,20+,22-,23-,24-/m0/s1. The Labute approximate surface area is 180 Å². The molecule has 0 aromatic carbocycles. The van der Waals surface area contributed by atoms with Gasteiger partial charge < -0.3 is 9.84 Å². The van der Waals surface area contributed by atoms with Gasteiger partial charge >= 0.3 is 5.97 Å². The number of Topliss-reactive ketones (excluding diaryl/α,β-unsaturated/α-hetero) is 1. The first-order chi connectivity index (χ1) is 14.4. The van der Waals surface area contributed by atoms with E-state index in [0.717, 1.165) is 0 Å². The van der Waals surface area contributed by atoms with E-state index < -0.39 is 58.5 Å². The van der Waals surface area contributed by atoms with Crippen molar-refractivity contribution in [1.82, 2.24) is 0 Å². The van der Waals surface area contributed by atoms with Crippen molar-refractivity contribution in [3.8, 4) is 0 Å². The molecule has 0 amide bonds. The number of alkyl halides is 1. The molecule has 3 fully saturated rings. The zero-order valence-electron chi connectivity index (χ0n) is 18.4. The zero-order valence-corrected chi connectivity index (χ0v) is 18.4. The van der Waals surface area contributed by atoms with Gasteiger partial charge in [-0.15, -0.1) is 0 Å². The highest BCUT2D eigenvalue weighted by Gasteiger charge is 2.72. The van der Waals surface area contributed by atoms with Crippen molar-refractivity contribution in [3.05, 3.63) is 23.6 Å². The molecule has 4 aliphatic rings. The molecule has 0 spiro atoms. The average molecular weight is 436 g/mol. The van der Waals surface area contributed by atoms with Crippen molar-refractivity contribution in [2.24, 2.45) is 34.5 Å². The van der Waals surface area contributed by atoms with Gasteiger partial charge in [0.05, 0.1) is 6.10 Å². The lowest BCUT2D eigenvalue weighted by atomic mass is 9.46. The van der Waals surface area contributed by atoms with Crippen LogP contribution in [0.2, 0.25) is 0 Å². The molecule has 7 heteroatoms. The summed E-state index contributed by atoms with van der Waals surface area (Å²) >= 11 is 0. The summed E-state index contributed by atoms with van der Waals surface area (Å²) in [7, 11) is 0. The molecule has 1 N–H and O–H groups in total. The minimum Gasteiger partial charge on any atom is -0.450 e. The Morgan fingerprint density at radius 2 is 2.00 bits per heavy atom. The van der Waals surface area contributed by atoms with Gasteiger partial charge in [0.1, 0.15) is 0 Å². The summed E-state index contributed by atoms with van der Waals surface area (Å²) in [5, 5.41) is 11.4. The SMILES string of the molecule is CC(=O)O[C@]1(C(=O)CF)[C@@H](C)C[C@H]2[C@@H]3CCC4=C(F)C(=O)C=C[C@]4(C)[C@H]3[C@@H](O)C[C@@]21C. The third-order valence-corrected chi connectivity index (χ3v) is 8.97. The van der Waals surface area contributed by atoms with Crippen LogP contribution in [0.25, 0.3) is 0 Å². The van der Waals surface area contributed by atoms with Crippen molar-refractivity contribution < 1.29 is 33.0 Å². The largest absolute Gasteiger partial charge is 0.450 e. The van der Waals surface area contributed by atoms with Crippen molar-refractivity contribution in [1.29, 1.82) is 0 Å². The number of allylic oxidation sites excluding steroid dienone is 4. The molecule has 4 aliphatic carbocycles. The normalized spacial score (nSPS) is 46.3. The Hall–Kier alpha value is -1.89. The van der Waals surface area contributed by atoms with Crippen LogP contribution in [-0.2, 0) is 19.1 Å². The second-order valence-corrected chi connectivity index (χ2v) is 10.3. The number of esters is 1. The van der Waals surface area contributed by atoms with Crippen LogP contribution in [0.1, 0.15) is 53.4 Å². The van der Waals surface area contributed by atoms with E-state index in [9.17, 15) is 28.3 Å². The second kappa shape index (κ2) is 7.06. The number of rotatable bonds is 3. The van der Waals surface area contributed by atoms with E-state index in [4.69, 9.17) is 4.74 Å². The van der Waals surface area contributed by atoms with E-state index in [-0.39, 0.29) is 24.2 Å². The van der Waals surface area contributed by atoms with E-state index in [0.29, 0.717) is 24.8 Å². The maximum Gasteiger partial charge on any atom is 0.303 e. The van der Waals surface area contributed by atoms with Crippen LogP contribution >= 0.6 is 0 Å². The summed E-state index contributed by atoms with van der Waals surface area (Å²) in [6, 6.07) is 0. The zero-order chi connectivity index (χ0) is 22.9. The molecule has 31 heavy (non-hydrogen) atoms. The predicted molar refractivity (Wildman–Crippen MR) is 108 cm³/mol. The first-order valence-corrected chi connectivity index (χ1v) is 11.0. The summed E-state index contributed by atoms with van der Waals surface area (Å²) < 4.78 is 34.1. The Balaban J connectivity index is 1.82. The number of ether oxygens (including phenoxy) is 1. The number of aliphatic hydroxyl groups is 1. The molecule has 0 aliphatic heterocycles. The van der Waals surface area contributed by atoms with Crippen molar-refractivity contribution >= 4 is 17.5 Å². The van der Waals surface area contributed by atoms with E-state index >= 15 is 0 Å². The van der Waals surface area contributed by atoms with Gasteiger partial charge in [-0.25, -0.2) is 8.78 Å². The molecule has 0 unspecified atom stereocenters. The number of halogens is 2. The summed E-state index contributed by atoms with van der Waals surface area (Å²) in [5.41, 5.74) is -2.94. The van der Waals surface area contributed by atoms with Gasteiger partial charge in [0.25, 0.3) is 0 Å². The Morgan fingerprint density at radius 3 is 2.61 bits per heavy atom. The number of ketones is 2. The Kier molecular flexibility index (Phi) is 5.08. The molecular formula is C24H30F2O5. The van der Waals surface area contributed by atoms with E-state index in [1.807, 2.05) is 13.8 Å². The maximum atomic E-state index is 14.7. The average Bonchev–Trinajstić information content (AvgIpc) is 2.91. The first-order valence-electron chi connectivity index (χ1n) is 11.0. The number of hydrogen-bond acceptors (Lipinski definition) is 5. The van der Waals surface area contributed by atoms with Crippen molar-refractivity contribution in [2.75, 3.05) is 6.67 Å². The van der Waals surface area contributed by atoms with Gasteiger partial charge in [-0.1, -0.05) is 26.8 Å². The number of carbonyl (C=O) groups is 3. The third-order valence-electron chi connectivity index (χ3n) is 8.97. The van der Waals surface area contributed by atoms with Crippen LogP contribution < -0.4 is 0 Å². The second-order valence-electron chi connectivity index (χ2n) is 10.3. The summed E-state index contributed by atoms with van der Waals surface area (Å²) in [6.07, 6.45) is 3.64. The molecule has 0 radical (unpaired) electrons. The monoisotopic (exact) mass is 436 g/mol. The van der Waals surface area contributed by atoms with Crippen LogP contribution in [0, 0.1) is 34.5 Å². The molecule has 4 rings (SSSR count). The van der Waals surface area contributed by atoms with E-state index in [1.165, 1.54) is 13.0 Å². The quantitative estimate of drug-likeness (QED) is 0.683. The molecular weight excluding hydrogens is 406 g/mol. The number of carbonyl (C=O) groups excluding carboxylic acids is 3. The first kappa shape index (κ1) is 22.3. The molecule has 170 valence electrons. The predicted octanol–water partition coefficient (Wildman–Crippen LogP) is 3.65. The molecule has 3 saturated carbocycles. The van der Waals surface area contributed by atoms with Gasteiger partial charge in [0, 0.05) is 29.6 Å². The summed E-state index contributed by atoms with van der Waals surface area (Å²) in [5.74, 6) is -3.73. The Bertz CT molecular complexity index is 910. The lowest BCUT2D eigenvalue weighted by molar-refractivity contribution is -0.203. The molecule has 0 aromatic heterocycles. The lowest BCUT2D eigenvalue weighted by Gasteiger charge is -2.59. The number of hydrogen-bond donors (Lipinski definition) is 1. The molecule has 8 atom stereocenters. The molecule has 5 nitrogen and oxygen atoms in total. The van der Waals surface area contributed by atoms with Gasteiger partial charge in [-0.2, -0.15) is 0 Å². The fourth-order valence-corrected chi connectivity index (χ4v) is 7.92. The van der Waals surface area contributed by atoms with E-state index in [2.05, 4.69) is 0 Å². The minimum absolute atomic E-state index is 0.0829. The van der Waals surface area contributed by atoms with Gasteiger partial charge in [0.15, 0.2) is 18.1 Å². The highest BCUT2D eigenvalue weighted by Crippen LogP contribution is 2.69. The fraction of sp³-hybridized carbons (Fsp3) is 0.708. The fourth-order valence-electron chi connectivity index (χ4n) is 7.92. The van der Waals surface area contributed by atoms with Crippen molar-refractivity contribution in [3.63, 3.8) is 0 Å². The van der Waals surface area contributed by atoms with Crippen molar-refractivity contribution in [2.45, 2.75) is 65.1 Å². The minimum atomic E-state index is -1.63. The van der Waals surface area contributed by atoms with E-state index in [1.54, 1.807) is 13.0 Å². The van der Waals surface area contributed by atoms with Crippen LogP contribution in [0.4, 0.5) is 8.78 Å². The Morgan fingerprint density at radius 1 is 1.32 bits per heavy atom. The van der Waals surface area contributed by atoms with Crippen LogP contribution in [0.3, 0.4) is 0 Å². The van der Waals surface area contributed by atoms with Crippen LogP contribution in [-0.4, -0.2) is 41.0 Å². The molecule has 0 bridgehead atoms. The molecule has 0 aromatic rings. The third kappa shape index (κ3) is 2.71. The highest BCUT2D eigenvalue weighted by atomic mass is 19.1. The van der Waals surface area contributed by atoms with Gasteiger partial charge in [-0.05, 0) is 49.2 Å². The number of fused-ring (bicyclic) bond motifs is 5. The van der Waals surface area contributed by atoms with Gasteiger partial charge in [0.2, 0.25) is 11.6 Å². The van der Waals surface area contributed by atoms with Gasteiger partial charge in [-0.3, -0.25) is 14.4 Å². The molecule has 0 heterocycles. The maximum absolute atomic E-state index is 14.7. The van der Waals surface area contributed by atoms with Crippen LogP contribution in [0.15, 0.2) is 23.6 Å². The summed E-state index contributed by atoms with van der Waals surface area (Å²) in [4.78, 5) is 36.9. The number of aliphatic hydroxyl groups excluding tert-OH is 1. The highest BCUT2D eigenvalue weighted by molar-refractivity contribution is 6.04. The lowest BCUT2D eigenvalue weighted by Crippen LogP contribution is -2.64.